The molecule has 1 N–H and O–H groups in total. The van der Waals surface area contributed by atoms with Crippen LogP contribution >= 0.6 is 0 Å². The number of carboxylic acid groups (broad SMARTS) is 1. The van der Waals surface area contributed by atoms with Crippen LogP contribution in [0, 0.1) is 17.8 Å². The number of hydrogen-bond donors (Lipinski definition) is 1. The third kappa shape index (κ3) is 4.72. The summed E-state index contributed by atoms with van der Waals surface area (Å²) >= 11 is 0. The molecule has 0 radical (unpaired) electrons. The molecule has 2 aliphatic rings. The fraction of sp³-hybridized carbons (Fsp3) is 0.882. The summed E-state index contributed by atoms with van der Waals surface area (Å²) in [6, 6.07) is 0. The Kier molecular flexibility index (Phi) is 6.07. The zero-order chi connectivity index (χ0) is 15.2. The van der Waals surface area contributed by atoms with Crippen LogP contribution in [0.4, 0.5) is 0 Å². The minimum atomic E-state index is -0.702. The van der Waals surface area contributed by atoms with Gasteiger partial charge in [0.25, 0.3) is 0 Å². The first-order valence-electron chi connectivity index (χ1n) is 8.55. The Morgan fingerprint density at radius 1 is 0.952 bits per heavy atom. The summed E-state index contributed by atoms with van der Waals surface area (Å²) in [6.07, 6.45) is 10.6. The van der Waals surface area contributed by atoms with Crippen LogP contribution in [-0.4, -0.2) is 35.5 Å². The molecule has 2 rings (SSSR count). The Hall–Kier alpha value is -1.06. The molecule has 0 spiro atoms. The van der Waals surface area contributed by atoms with Gasteiger partial charge < -0.3 is 10.0 Å². The van der Waals surface area contributed by atoms with E-state index in [4.69, 9.17) is 5.11 Å². The molecule has 4 nitrogen and oxygen atoms in total. The van der Waals surface area contributed by atoms with Gasteiger partial charge in [0.05, 0.1) is 5.92 Å². The summed E-state index contributed by atoms with van der Waals surface area (Å²) in [6.45, 7) is 0.863. The van der Waals surface area contributed by atoms with Gasteiger partial charge in [0.1, 0.15) is 0 Å². The van der Waals surface area contributed by atoms with Crippen LogP contribution in [0.15, 0.2) is 0 Å². The van der Waals surface area contributed by atoms with Crippen LogP contribution in [0.2, 0.25) is 0 Å². The number of nitrogens with zero attached hydrogens (tertiary/aromatic N) is 1. The van der Waals surface area contributed by atoms with E-state index in [1.165, 1.54) is 32.1 Å². The number of carboxylic acids is 1. The highest BCUT2D eigenvalue weighted by molar-refractivity contribution is 5.79. The summed E-state index contributed by atoms with van der Waals surface area (Å²) in [7, 11) is 1.91. The number of rotatable bonds is 5. The van der Waals surface area contributed by atoms with Crippen molar-refractivity contribution in [3.8, 4) is 0 Å². The third-order valence-corrected chi connectivity index (χ3v) is 5.40. The van der Waals surface area contributed by atoms with Crippen LogP contribution in [-0.2, 0) is 9.59 Å². The summed E-state index contributed by atoms with van der Waals surface area (Å²) in [5.74, 6) is 0.150. The molecular weight excluding hydrogens is 266 g/mol. The van der Waals surface area contributed by atoms with Crippen LogP contribution in [0.5, 0.6) is 0 Å². The maximum absolute atomic E-state index is 12.4. The van der Waals surface area contributed by atoms with E-state index in [1.807, 2.05) is 11.9 Å². The number of aliphatic carboxylic acids is 1. The molecule has 120 valence electrons. The Morgan fingerprint density at radius 3 is 2.10 bits per heavy atom. The summed E-state index contributed by atoms with van der Waals surface area (Å²) in [5, 5.41) is 9.01. The quantitative estimate of drug-likeness (QED) is 0.846. The number of carbonyl (C=O) groups excluding carboxylic acids is 1. The Balaban J connectivity index is 1.71. The van der Waals surface area contributed by atoms with Crippen molar-refractivity contribution in [3.05, 3.63) is 0 Å². The first-order chi connectivity index (χ1) is 10.1. The van der Waals surface area contributed by atoms with Crippen molar-refractivity contribution < 1.29 is 14.7 Å². The van der Waals surface area contributed by atoms with E-state index < -0.39 is 5.97 Å². The van der Waals surface area contributed by atoms with Gasteiger partial charge in [0, 0.05) is 19.5 Å². The molecule has 0 heterocycles. The van der Waals surface area contributed by atoms with E-state index in [0.29, 0.717) is 12.8 Å². The van der Waals surface area contributed by atoms with Gasteiger partial charge in [0.15, 0.2) is 0 Å². The molecule has 0 aromatic heterocycles. The lowest BCUT2D eigenvalue weighted by molar-refractivity contribution is -0.145. The van der Waals surface area contributed by atoms with Crippen molar-refractivity contribution in [2.24, 2.45) is 17.8 Å². The smallest absolute Gasteiger partial charge is 0.306 e. The average molecular weight is 295 g/mol. The van der Waals surface area contributed by atoms with Crippen LogP contribution < -0.4 is 0 Å². The lowest BCUT2D eigenvalue weighted by Gasteiger charge is -2.30. The first kappa shape index (κ1) is 16.3. The molecule has 0 saturated heterocycles. The maximum atomic E-state index is 12.4. The van der Waals surface area contributed by atoms with Gasteiger partial charge in [-0.3, -0.25) is 9.59 Å². The second-order valence-corrected chi connectivity index (χ2v) is 6.94. The summed E-state index contributed by atoms with van der Waals surface area (Å²) in [5.41, 5.74) is 0. The van der Waals surface area contributed by atoms with E-state index in [1.54, 1.807) is 0 Å². The Labute approximate surface area is 127 Å². The van der Waals surface area contributed by atoms with Gasteiger partial charge in [-0.25, -0.2) is 0 Å². The standard InChI is InChI=1S/C17H29NO3/c1-18(12-11-13-5-3-2-4-6-13)16(19)14-7-9-15(10-8-14)17(20)21/h13-15H,2-12H2,1H3,(H,20,21). The number of hydrogen-bond acceptors (Lipinski definition) is 2. The Bertz CT molecular complexity index is 355. The maximum Gasteiger partial charge on any atom is 0.306 e. The van der Waals surface area contributed by atoms with Crippen molar-refractivity contribution in [1.82, 2.24) is 4.90 Å². The topological polar surface area (TPSA) is 57.6 Å². The zero-order valence-corrected chi connectivity index (χ0v) is 13.2. The van der Waals surface area contributed by atoms with E-state index in [0.717, 1.165) is 31.7 Å². The van der Waals surface area contributed by atoms with Crippen LogP contribution in [0.1, 0.15) is 64.2 Å². The lowest BCUT2D eigenvalue weighted by Crippen LogP contribution is -2.37. The largest absolute Gasteiger partial charge is 0.481 e. The number of carbonyl (C=O) groups is 2. The van der Waals surface area contributed by atoms with E-state index in [2.05, 4.69) is 0 Å². The highest BCUT2D eigenvalue weighted by atomic mass is 16.4. The predicted octanol–water partition coefficient (Wildman–Crippen LogP) is 3.31. The monoisotopic (exact) mass is 295 g/mol. The molecular formula is C17H29NO3. The van der Waals surface area contributed by atoms with Crippen molar-refractivity contribution in [1.29, 1.82) is 0 Å². The van der Waals surface area contributed by atoms with Crippen LogP contribution in [0.3, 0.4) is 0 Å². The molecule has 2 aliphatic carbocycles. The van der Waals surface area contributed by atoms with Crippen molar-refractivity contribution in [2.45, 2.75) is 64.2 Å². The average Bonchev–Trinajstić information content (AvgIpc) is 2.53. The summed E-state index contributed by atoms with van der Waals surface area (Å²) < 4.78 is 0. The van der Waals surface area contributed by atoms with Crippen molar-refractivity contribution in [3.63, 3.8) is 0 Å². The van der Waals surface area contributed by atoms with E-state index >= 15 is 0 Å². The van der Waals surface area contributed by atoms with Gasteiger partial charge in [-0.15, -0.1) is 0 Å². The molecule has 0 aromatic rings. The molecule has 0 aromatic carbocycles. The highest BCUT2D eigenvalue weighted by Gasteiger charge is 2.31. The minimum Gasteiger partial charge on any atom is -0.481 e. The third-order valence-electron chi connectivity index (χ3n) is 5.40. The summed E-state index contributed by atoms with van der Waals surface area (Å²) in [4.78, 5) is 25.3. The molecule has 21 heavy (non-hydrogen) atoms. The molecule has 4 heteroatoms. The molecule has 1 amide bonds. The first-order valence-corrected chi connectivity index (χ1v) is 8.55. The minimum absolute atomic E-state index is 0.0527. The normalized spacial score (nSPS) is 27.3. The number of amides is 1. The zero-order valence-electron chi connectivity index (χ0n) is 13.2. The van der Waals surface area contributed by atoms with Crippen LogP contribution in [0.25, 0.3) is 0 Å². The second-order valence-electron chi connectivity index (χ2n) is 6.94. The molecule has 0 atom stereocenters. The Morgan fingerprint density at radius 2 is 1.52 bits per heavy atom. The lowest BCUT2D eigenvalue weighted by atomic mass is 9.81. The van der Waals surface area contributed by atoms with Gasteiger partial charge in [-0.1, -0.05) is 32.1 Å². The van der Waals surface area contributed by atoms with E-state index in [-0.39, 0.29) is 17.7 Å². The molecule has 2 fully saturated rings. The van der Waals surface area contributed by atoms with Gasteiger partial charge >= 0.3 is 5.97 Å². The predicted molar refractivity (Wildman–Crippen MR) is 81.9 cm³/mol. The van der Waals surface area contributed by atoms with E-state index in [9.17, 15) is 9.59 Å². The van der Waals surface area contributed by atoms with Gasteiger partial charge in [0.2, 0.25) is 5.91 Å². The second kappa shape index (κ2) is 7.81. The molecule has 0 bridgehead atoms. The van der Waals surface area contributed by atoms with Gasteiger partial charge in [-0.05, 0) is 38.0 Å². The van der Waals surface area contributed by atoms with Crippen molar-refractivity contribution >= 4 is 11.9 Å². The fourth-order valence-electron chi connectivity index (χ4n) is 3.86. The van der Waals surface area contributed by atoms with Crippen molar-refractivity contribution in [2.75, 3.05) is 13.6 Å². The molecule has 0 unspecified atom stereocenters. The highest BCUT2D eigenvalue weighted by Crippen LogP contribution is 2.31. The molecule has 0 aliphatic heterocycles. The fourth-order valence-corrected chi connectivity index (χ4v) is 3.86. The molecule has 2 saturated carbocycles. The van der Waals surface area contributed by atoms with Gasteiger partial charge in [-0.2, -0.15) is 0 Å². The SMILES string of the molecule is CN(CCC1CCCCC1)C(=O)C1CCC(C(=O)O)CC1.